The number of aromatic nitrogens is 2. The van der Waals surface area contributed by atoms with Gasteiger partial charge < -0.3 is 20.3 Å². The molecule has 0 aromatic carbocycles. The monoisotopic (exact) mass is 293 g/mol. The molecule has 0 atom stereocenters. The summed E-state index contributed by atoms with van der Waals surface area (Å²) in [5.74, 6) is 2.56. The van der Waals surface area contributed by atoms with Crippen molar-refractivity contribution in [2.45, 2.75) is 19.4 Å². The van der Waals surface area contributed by atoms with Crippen LogP contribution in [0.4, 0.5) is 11.6 Å². The third-order valence-corrected chi connectivity index (χ3v) is 3.72. The summed E-state index contributed by atoms with van der Waals surface area (Å²) in [6.07, 6.45) is 1.69. The van der Waals surface area contributed by atoms with E-state index < -0.39 is 0 Å². The second kappa shape index (κ2) is 7.21. The molecule has 1 aliphatic heterocycles. The lowest BCUT2D eigenvalue weighted by Crippen LogP contribution is -2.40. The van der Waals surface area contributed by atoms with Crippen molar-refractivity contribution < 1.29 is 9.53 Å². The Hall–Kier alpha value is -1.89. The molecule has 2 heterocycles. The maximum absolute atomic E-state index is 11.7. The van der Waals surface area contributed by atoms with Gasteiger partial charge in [0.05, 0.1) is 0 Å². The summed E-state index contributed by atoms with van der Waals surface area (Å²) in [6, 6.07) is 1.93. The molecule has 1 amide bonds. The van der Waals surface area contributed by atoms with E-state index in [0.717, 1.165) is 37.6 Å². The molecule has 116 valence electrons. The number of anilines is 2. The molecule has 2 rings (SSSR count). The van der Waals surface area contributed by atoms with E-state index in [-0.39, 0.29) is 11.8 Å². The number of nitrogens with one attached hydrogen (secondary N) is 2. The predicted octanol–water partition coefficient (Wildman–Crippen LogP) is 0.627. The molecule has 1 aliphatic rings. The first-order valence-electron chi connectivity index (χ1n) is 7.19. The highest BCUT2D eigenvalue weighted by atomic mass is 16.5. The van der Waals surface area contributed by atoms with Crippen LogP contribution in [0, 0.1) is 5.92 Å². The van der Waals surface area contributed by atoms with Gasteiger partial charge in [-0.15, -0.1) is 0 Å². The van der Waals surface area contributed by atoms with Crippen LogP contribution in [0.25, 0.3) is 0 Å². The Bertz CT molecular complexity index is 486. The Morgan fingerprint density at radius 1 is 1.38 bits per heavy atom. The van der Waals surface area contributed by atoms with Crippen molar-refractivity contribution in [1.82, 2.24) is 15.3 Å². The van der Waals surface area contributed by atoms with Crippen molar-refractivity contribution >= 4 is 17.5 Å². The van der Waals surface area contributed by atoms with E-state index in [1.54, 1.807) is 14.2 Å². The van der Waals surface area contributed by atoms with Gasteiger partial charge in [0.2, 0.25) is 5.91 Å². The number of carbonyl (C=O) groups excluding carboxylic acids is 1. The van der Waals surface area contributed by atoms with Gasteiger partial charge in [-0.05, 0) is 12.8 Å². The number of ether oxygens (including phenoxy) is 1. The molecule has 0 spiro atoms. The largest absolute Gasteiger partial charge is 0.377 e. The fourth-order valence-electron chi connectivity index (χ4n) is 2.54. The van der Waals surface area contributed by atoms with Gasteiger partial charge in [-0.3, -0.25) is 4.79 Å². The maximum atomic E-state index is 11.7. The number of nitrogens with zero attached hydrogens (tertiary/aromatic N) is 3. The van der Waals surface area contributed by atoms with Crippen LogP contribution >= 0.6 is 0 Å². The molecule has 7 heteroatoms. The molecule has 2 N–H and O–H groups in total. The highest BCUT2D eigenvalue weighted by molar-refractivity contribution is 5.78. The number of amides is 1. The van der Waals surface area contributed by atoms with Crippen LogP contribution in [0.15, 0.2) is 6.07 Å². The summed E-state index contributed by atoms with van der Waals surface area (Å²) in [5, 5.41) is 5.77. The van der Waals surface area contributed by atoms with Crippen LogP contribution in [0.2, 0.25) is 0 Å². The van der Waals surface area contributed by atoms with Gasteiger partial charge in [-0.25, -0.2) is 9.97 Å². The van der Waals surface area contributed by atoms with Crippen molar-refractivity contribution in [2.75, 3.05) is 44.5 Å². The average Bonchev–Trinajstić information content (AvgIpc) is 2.54. The summed E-state index contributed by atoms with van der Waals surface area (Å²) >= 11 is 0. The Balaban J connectivity index is 2.08. The topological polar surface area (TPSA) is 79.4 Å². The van der Waals surface area contributed by atoms with Crippen molar-refractivity contribution in [2.24, 2.45) is 5.92 Å². The Labute approximate surface area is 125 Å². The van der Waals surface area contributed by atoms with Crippen LogP contribution in [0.5, 0.6) is 0 Å². The van der Waals surface area contributed by atoms with E-state index in [4.69, 9.17) is 4.74 Å². The van der Waals surface area contributed by atoms with Crippen molar-refractivity contribution in [1.29, 1.82) is 0 Å². The zero-order valence-electron chi connectivity index (χ0n) is 12.8. The zero-order chi connectivity index (χ0) is 15.2. The Morgan fingerprint density at radius 3 is 2.67 bits per heavy atom. The summed E-state index contributed by atoms with van der Waals surface area (Å²) in [4.78, 5) is 22.8. The molecule has 7 nitrogen and oxygen atoms in total. The van der Waals surface area contributed by atoms with Crippen LogP contribution in [0.1, 0.15) is 18.7 Å². The van der Waals surface area contributed by atoms with Crippen LogP contribution < -0.4 is 15.5 Å². The summed E-state index contributed by atoms with van der Waals surface area (Å²) in [7, 11) is 5.15. The number of hydrogen-bond donors (Lipinski definition) is 2. The second-order valence-corrected chi connectivity index (χ2v) is 5.09. The van der Waals surface area contributed by atoms with E-state index >= 15 is 0 Å². The fraction of sp³-hybridized carbons (Fsp3) is 0.643. The molecular formula is C14H23N5O2. The van der Waals surface area contributed by atoms with Crippen molar-refractivity contribution in [3.63, 3.8) is 0 Å². The molecule has 1 saturated heterocycles. The summed E-state index contributed by atoms with van der Waals surface area (Å²) in [5.41, 5.74) is 0. The lowest BCUT2D eigenvalue weighted by atomic mass is 9.96. The smallest absolute Gasteiger partial charge is 0.222 e. The minimum Gasteiger partial charge on any atom is -0.377 e. The normalized spacial score (nSPS) is 15.9. The first kappa shape index (κ1) is 15.5. The number of piperidine rings is 1. The Kier molecular flexibility index (Phi) is 5.32. The van der Waals surface area contributed by atoms with E-state index in [9.17, 15) is 4.79 Å². The standard InChI is InChI=1S/C14H23N5O2/c1-15-11-8-13(18-12(17-11)9-21-3)19-6-4-10(5-7-19)14(20)16-2/h8,10H,4-7,9H2,1-3H3,(H,16,20)(H,15,17,18). The molecule has 0 radical (unpaired) electrons. The first-order chi connectivity index (χ1) is 10.2. The number of carbonyl (C=O) groups is 1. The van der Waals surface area contributed by atoms with Gasteiger partial charge in [-0.1, -0.05) is 0 Å². The molecule has 0 unspecified atom stereocenters. The van der Waals surface area contributed by atoms with E-state index in [0.29, 0.717) is 12.4 Å². The molecule has 1 aromatic heterocycles. The van der Waals surface area contributed by atoms with Crippen LogP contribution in [-0.2, 0) is 16.1 Å². The maximum Gasteiger partial charge on any atom is 0.222 e. The second-order valence-electron chi connectivity index (χ2n) is 5.09. The lowest BCUT2D eigenvalue weighted by molar-refractivity contribution is -0.125. The molecular weight excluding hydrogens is 270 g/mol. The minimum absolute atomic E-state index is 0.107. The molecule has 0 aliphatic carbocycles. The van der Waals surface area contributed by atoms with Gasteiger partial charge >= 0.3 is 0 Å². The van der Waals surface area contributed by atoms with Gasteiger partial charge in [0.1, 0.15) is 18.2 Å². The predicted molar refractivity (Wildman–Crippen MR) is 81.3 cm³/mol. The van der Waals surface area contributed by atoms with E-state index in [1.807, 2.05) is 13.1 Å². The SMILES string of the molecule is CNC(=O)C1CCN(c2cc(NC)nc(COC)n2)CC1. The molecule has 21 heavy (non-hydrogen) atoms. The zero-order valence-corrected chi connectivity index (χ0v) is 12.8. The van der Waals surface area contributed by atoms with Crippen molar-refractivity contribution in [3.05, 3.63) is 11.9 Å². The summed E-state index contributed by atoms with van der Waals surface area (Å²) < 4.78 is 5.11. The quantitative estimate of drug-likeness (QED) is 0.829. The lowest BCUT2D eigenvalue weighted by Gasteiger charge is -2.32. The van der Waals surface area contributed by atoms with Gasteiger partial charge in [-0.2, -0.15) is 0 Å². The highest BCUT2D eigenvalue weighted by Gasteiger charge is 2.25. The molecule has 1 fully saturated rings. The fourth-order valence-corrected chi connectivity index (χ4v) is 2.54. The first-order valence-corrected chi connectivity index (χ1v) is 7.19. The number of methoxy groups -OCH3 is 1. The average molecular weight is 293 g/mol. The minimum atomic E-state index is 0.107. The summed E-state index contributed by atoms with van der Waals surface area (Å²) in [6.45, 7) is 2.03. The van der Waals surface area contributed by atoms with Crippen molar-refractivity contribution in [3.8, 4) is 0 Å². The van der Waals surface area contributed by atoms with E-state index in [1.165, 1.54) is 0 Å². The molecule has 0 saturated carbocycles. The number of rotatable bonds is 5. The highest BCUT2D eigenvalue weighted by Crippen LogP contribution is 2.23. The van der Waals surface area contributed by atoms with Crippen LogP contribution in [-0.4, -0.2) is 50.2 Å². The van der Waals surface area contributed by atoms with Gasteiger partial charge in [0, 0.05) is 46.3 Å². The van der Waals surface area contributed by atoms with Gasteiger partial charge in [0.15, 0.2) is 5.82 Å². The van der Waals surface area contributed by atoms with Crippen LogP contribution in [0.3, 0.4) is 0 Å². The Morgan fingerprint density at radius 2 is 2.10 bits per heavy atom. The molecule has 0 bridgehead atoms. The third kappa shape index (κ3) is 3.81. The van der Waals surface area contributed by atoms with E-state index in [2.05, 4.69) is 25.5 Å². The van der Waals surface area contributed by atoms with Gasteiger partial charge in [0.25, 0.3) is 0 Å². The number of hydrogen-bond acceptors (Lipinski definition) is 6. The third-order valence-electron chi connectivity index (χ3n) is 3.72. The molecule has 1 aromatic rings.